The summed E-state index contributed by atoms with van der Waals surface area (Å²) in [5, 5.41) is 0. The summed E-state index contributed by atoms with van der Waals surface area (Å²) < 4.78 is 30.3. The Morgan fingerprint density at radius 3 is 1.45 bits per heavy atom. The van der Waals surface area contributed by atoms with Gasteiger partial charge in [0.25, 0.3) is 0 Å². The van der Waals surface area contributed by atoms with Crippen molar-refractivity contribution in [1.82, 2.24) is 4.98 Å². The molecule has 2 N–H and O–H groups in total. The molecule has 2 rings (SSSR count). The van der Waals surface area contributed by atoms with Crippen molar-refractivity contribution in [3.63, 3.8) is 0 Å². The molecule has 4 atom stereocenters. The lowest BCUT2D eigenvalue weighted by Crippen LogP contribution is -2.62. The number of rotatable bonds is 17. The predicted molar refractivity (Wildman–Crippen MR) is 210 cm³/mol. The number of hydrogen-bond donors (Lipinski definition) is 1. The van der Waals surface area contributed by atoms with E-state index < -0.39 is 25.0 Å². The molecule has 1 aromatic heterocycles. The minimum absolute atomic E-state index is 0.134. The van der Waals surface area contributed by atoms with Crippen LogP contribution in [-0.2, 0) is 18.0 Å². The van der Waals surface area contributed by atoms with Crippen LogP contribution in [0.15, 0.2) is 18.5 Å². The van der Waals surface area contributed by atoms with E-state index in [9.17, 15) is 0 Å². The van der Waals surface area contributed by atoms with Gasteiger partial charge in [-0.05, 0) is 55.9 Å². The van der Waals surface area contributed by atoms with Gasteiger partial charge in [-0.2, -0.15) is 0 Å². The molecule has 6 nitrogen and oxygen atoms in total. The minimum atomic E-state index is -2.33. The Balaban J connectivity index is 2.89. The summed E-state index contributed by atoms with van der Waals surface area (Å²) >= 11 is 0. The maximum atomic E-state index is 7.84. The van der Waals surface area contributed by atoms with Gasteiger partial charge in [-0.15, -0.1) is 0 Å². The van der Waals surface area contributed by atoms with E-state index in [1.807, 2.05) is 12.3 Å². The quantitative estimate of drug-likeness (QED) is 0.162. The molecule has 0 aliphatic carbocycles. The summed E-state index contributed by atoms with van der Waals surface area (Å²) in [6.07, 6.45) is 3.42. The van der Waals surface area contributed by atoms with Crippen molar-refractivity contribution in [3.05, 3.63) is 24.0 Å². The average Bonchev–Trinajstić information content (AvgIpc) is 2.93. The number of nitrogens with two attached hydrogens (primary N) is 1. The van der Waals surface area contributed by atoms with Crippen LogP contribution in [0.3, 0.4) is 0 Å². The van der Waals surface area contributed by atoms with Gasteiger partial charge in [-0.1, -0.05) is 125 Å². The number of nitrogens with zero attached hydrogens (tertiary/aromatic N) is 1. The molecule has 1 aliphatic rings. The van der Waals surface area contributed by atoms with Crippen molar-refractivity contribution in [2.24, 2.45) is 0 Å². The first kappa shape index (κ1) is 42.6. The monoisotopic (exact) mass is 709 g/mol. The third-order valence-corrected chi connectivity index (χ3v) is 30.4. The summed E-state index contributed by atoms with van der Waals surface area (Å²) in [7, 11) is -6.82. The lowest BCUT2D eigenvalue weighted by Gasteiger charge is -2.54. The van der Waals surface area contributed by atoms with Crippen molar-refractivity contribution in [2.45, 2.75) is 205 Å². The zero-order valence-electron chi connectivity index (χ0n) is 33.8. The van der Waals surface area contributed by atoms with E-state index >= 15 is 0 Å². The van der Waals surface area contributed by atoms with Crippen LogP contribution in [0.5, 0.6) is 0 Å². The molecule has 47 heavy (non-hydrogen) atoms. The molecule has 2 heterocycles. The molecule has 1 fully saturated rings. The van der Waals surface area contributed by atoms with Gasteiger partial charge >= 0.3 is 0 Å². The molecule has 1 saturated heterocycles. The van der Waals surface area contributed by atoms with Crippen molar-refractivity contribution < 1.29 is 18.0 Å². The van der Waals surface area contributed by atoms with Crippen LogP contribution in [0, 0.1) is 0 Å². The Bertz CT molecular complexity index is 1030. The zero-order valence-corrected chi connectivity index (χ0v) is 36.8. The Kier molecular flexibility index (Phi) is 15.5. The van der Waals surface area contributed by atoms with Crippen LogP contribution in [0.25, 0.3) is 0 Å². The van der Waals surface area contributed by atoms with Gasteiger partial charge < -0.3 is 23.7 Å². The fourth-order valence-electron chi connectivity index (χ4n) is 10.3. The number of nitrogen functional groups attached to an aromatic ring is 1. The third-order valence-electron chi connectivity index (χ3n) is 12.1. The molecule has 0 spiro atoms. The first-order valence-electron chi connectivity index (χ1n) is 19.0. The van der Waals surface area contributed by atoms with Crippen molar-refractivity contribution in [2.75, 3.05) is 12.3 Å². The molecule has 0 saturated carbocycles. The first-order valence-corrected chi connectivity index (χ1v) is 25.4. The van der Waals surface area contributed by atoms with Gasteiger partial charge in [0.1, 0.15) is 6.10 Å². The number of ether oxygens (including phenoxy) is 1. The molecular weight excluding hydrogens is 633 g/mol. The number of aromatic nitrogens is 1. The molecule has 1 aromatic rings. The van der Waals surface area contributed by atoms with E-state index in [0.717, 1.165) is 5.56 Å². The predicted octanol–water partition coefficient (Wildman–Crippen LogP) is 11.8. The Labute approximate surface area is 294 Å². The van der Waals surface area contributed by atoms with Gasteiger partial charge in [0, 0.05) is 18.2 Å². The van der Waals surface area contributed by atoms with E-state index in [4.69, 9.17) is 23.7 Å². The molecule has 9 heteroatoms. The molecule has 0 bridgehead atoms. The van der Waals surface area contributed by atoms with E-state index in [2.05, 4.69) is 130 Å². The third kappa shape index (κ3) is 8.50. The second-order valence-corrected chi connectivity index (χ2v) is 33.7. The van der Waals surface area contributed by atoms with Crippen molar-refractivity contribution in [1.29, 1.82) is 0 Å². The summed E-state index contributed by atoms with van der Waals surface area (Å²) in [5.41, 5.74) is 12.4. The molecule has 0 amide bonds. The molecule has 0 aromatic carbocycles. The van der Waals surface area contributed by atoms with Gasteiger partial charge in [-0.25, -0.2) is 0 Å². The number of hydrogen-bond acceptors (Lipinski definition) is 6. The Morgan fingerprint density at radius 2 is 1.06 bits per heavy atom. The van der Waals surface area contributed by atoms with Crippen LogP contribution in [0.1, 0.15) is 143 Å². The molecule has 1 aliphatic heterocycles. The standard InChI is InChI=1S/C38H76N2O4Si3/c1-24(2)45(25(3)4,26(5)6)41-23-37-38(44-47(30(13)14,31(15)16)32(17)18)36(43-46(27(7)8,28(9)10)29(11)12)21-35(42-37)33-19-20-40-22-34(33)39/h19-20,22,24-32,35-38H,21,23,39H2,1-18H3/t35-,36+,37+,38-/m0/s1. The van der Waals surface area contributed by atoms with Gasteiger partial charge in [0.2, 0.25) is 16.6 Å². The molecule has 0 radical (unpaired) electrons. The summed E-state index contributed by atoms with van der Waals surface area (Å²) in [6.45, 7) is 43.2. The van der Waals surface area contributed by atoms with Crippen LogP contribution in [0.2, 0.25) is 49.9 Å². The number of pyridine rings is 1. The lowest BCUT2D eigenvalue weighted by atomic mass is 9.94. The maximum absolute atomic E-state index is 7.84. The highest BCUT2D eigenvalue weighted by atomic mass is 28.4. The van der Waals surface area contributed by atoms with Crippen LogP contribution in [-0.4, -0.2) is 54.9 Å². The fourth-order valence-corrected chi connectivity index (χ4v) is 26.9. The van der Waals surface area contributed by atoms with Crippen LogP contribution >= 0.6 is 0 Å². The zero-order chi connectivity index (χ0) is 36.2. The number of anilines is 1. The Morgan fingerprint density at radius 1 is 0.660 bits per heavy atom. The highest BCUT2D eigenvalue weighted by Crippen LogP contribution is 2.50. The second kappa shape index (κ2) is 17.1. The lowest BCUT2D eigenvalue weighted by molar-refractivity contribution is -0.172. The summed E-state index contributed by atoms with van der Waals surface area (Å²) in [5.74, 6) is 0. The highest BCUT2D eigenvalue weighted by molar-refractivity contribution is 6.78. The van der Waals surface area contributed by atoms with Gasteiger partial charge in [-0.3, -0.25) is 4.98 Å². The Hall–Kier alpha value is -0.559. The largest absolute Gasteiger partial charge is 0.413 e. The van der Waals surface area contributed by atoms with E-state index in [1.165, 1.54) is 0 Å². The van der Waals surface area contributed by atoms with E-state index in [-0.39, 0.29) is 24.4 Å². The molecular formula is C38H76N2O4Si3. The topological polar surface area (TPSA) is 75.8 Å². The molecule has 0 unspecified atom stereocenters. The van der Waals surface area contributed by atoms with E-state index in [1.54, 1.807) is 6.20 Å². The normalized spacial score (nSPS) is 22.1. The summed E-state index contributed by atoms with van der Waals surface area (Å²) in [4.78, 5) is 4.31. The first-order chi connectivity index (χ1) is 21.6. The van der Waals surface area contributed by atoms with Gasteiger partial charge in [0.05, 0.1) is 36.8 Å². The van der Waals surface area contributed by atoms with Crippen LogP contribution in [0.4, 0.5) is 5.69 Å². The minimum Gasteiger partial charge on any atom is -0.413 e. The van der Waals surface area contributed by atoms with Gasteiger partial charge in [0.15, 0.2) is 8.32 Å². The highest BCUT2D eigenvalue weighted by Gasteiger charge is 2.56. The van der Waals surface area contributed by atoms with E-state index in [0.29, 0.717) is 68.6 Å². The average molecular weight is 709 g/mol. The van der Waals surface area contributed by atoms with Crippen molar-refractivity contribution >= 4 is 30.6 Å². The second-order valence-electron chi connectivity index (χ2n) is 17.4. The summed E-state index contributed by atoms with van der Waals surface area (Å²) in [6, 6.07) is 2.03. The fraction of sp³-hybridized carbons (Fsp3) is 0.868. The molecule has 274 valence electrons. The smallest absolute Gasteiger partial charge is 0.201 e. The SMILES string of the molecule is CC(C)[Si](OC[C@H]1O[C@H](c2ccncc2N)C[C@@H](O[Si](C(C)C)(C(C)C)C(C)C)[C@@H]1O[Si](C(C)C)(C(C)C)C(C)C)(C(C)C)C(C)C. The maximum Gasteiger partial charge on any atom is 0.201 e. The van der Waals surface area contributed by atoms with Crippen molar-refractivity contribution in [3.8, 4) is 0 Å². The van der Waals surface area contributed by atoms with Crippen LogP contribution < -0.4 is 5.73 Å².